The van der Waals surface area contributed by atoms with E-state index in [1.807, 2.05) is 65.8 Å². The number of unbranched alkanes of at least 4 members (excludes halogenated alkanes) is 2. The highest BCUT2D eigenvalue weighted by Gasteiger charge is 2.22. The molecule has 0 N–H and O–H groups in total. The third-order valence-electron chi connectivity index (χ3n) is 7.57. The quantitative estimate of drug-likeness (QED) is 0.102. The molecule has 0 heterocycles. The summed E-state index contributed by atoms with van der Waals surface area (Å²) >= 11 is 0. The molecule has 0 spiro atoms. The van der Waals surface area contributed by atoms with Crippen LogP contribution < -0.4 is 9.47 Å². The Balaban J connectivity index is 2.57. The first-order valence-electron chi connectivity index (χ1n) is 15.2. The van der Waals surface area contributed by atoms with Crippen LogP contribution in [0.25, 0.3) is 16.7 Å². The molecule has 0 atom stereocenters. The molecule has 0 saturated carbocycles. The second kappa shape index (κ2) is 17.5. The highest BCUT2D eigenvalue weighted by atomic mass is 16.7. The molecule has 0 aliphatic rings. The molecular formula is C35H50O6. The van der Waals surface area contributed by atoms with Gasteiger partial charge in [0.2, 0.25) is 13.6 Å². The number of allylic oxidation sites excluding steroid dienone is 1. The Morgan fingerprint density at radius 3 is 1.73 bits per heavy atom. The van der Waals surface area contributed by atoms with Gasteiger partial charge in [0.05, 0.1) is 17.4 Å². The first-order chi connectivity index (χ1) is 19.7. The fraction of sp³-hybridized carbons (Fsp3) is 0.543. The van der Waals surface area contributed by atoms with Gasteiger partial charge in [-0.25, -0.2) is 0 Å². The van der Waals surface area contributed by atoms with E-state index in [9.17, 15) is 9.59 Å². The summed E-state index contributed by atoms with van der Waals surface area (Å²) in [6, 6.07) is 10.2. The van der Waals surface area contributed by atoms with Crippen LogP contribution >= 0.6 is 0 Å². The Bertz CT molecular complexity index is 1090. The Labute approximate surface area is 247 Å². The van der Waals surface area contributed by atoms with Gasteiger partial charge < -0.3 is 18.9 Å². The molecule has 0 aromatic heterocycles. The number of ether oxygens (including phenoxy) is 4. The number of hydrogen-bond donors (Lipinski definition) is 0. The van der Waals surface area contributed by atoms with E-state index < -0.39 is 0 Å². The van der Waals surface area contributed by atoms with E-state index >= 15 is 0 Å². The number of benzene rings is 2. The van der Waals surface area contributed by atoms with Crippen LogP contribution in [0.4, 0.5) is 0 Å². The Hall–Kier alpha value is -3.28. The van der Waals surface area contributed by atoms with Crippen LogP contribution in [0, 0.1) is 18.8 Å². The molecule has 0 unspecified atom stereocenters. The van der Waals surface area contributed by atoms with Crippen molar-refractivity contribution in [1.29, 1.82) is 0 Å². The van der Waals surface area contributed by atoms with Gasteiger partial charge in [-0.2, -0.15) is 0 Å². The zero-order valence-electron chi connectivity index (χ0n) is 26.3. The van der Waals surface area contributed by atoms with Crippen molar-refractivity contribution in [3.8, 4) is 22.6 Å². The third kappa shape index (κ3) is 9.94. The fourth-order valence-corrected chi connectivity index (χ4v) is 4.88. The summed E-state index contributed by atoms with van der Waals surface area (Å²) in [4.78, 5) is 25.1. The molecule has 2 aromatic rings. The number of carbonyl (C=O) groups excluding carboxylic acids is 2. The molecule has 6 heteroatoms. The molecule has 0 bridgehead atoms. The number of esters is 2. The molecule has 2 rings (SSSR count). The van der Waals surface area contributed by atoms with E-state index in [0.717, 1.165) is 53.5 Å². The van der Waals surface area contributed by atoms with Crippen molar-refractivity contribution in [2.24, 2.45) is 11.8 Å². The van der Waals surface area contributed by atoms with Gasteiger partial charge in [-0.15, -0.1) is 0 Å². The summed E-state index contributed by atoms with van der Waals surface area (Å²) in [6.07, 6.45) is 6.92. The average molecular weight is 567 g/mol. The maximum absolute atomic E-state index is 12.6. The summed E-state index contributed by atoms with van der Waals surface area (Å²) in [7, 11) is 0. The molecule has 41 heavy (non-hydrogen) atoms. The maximum atomic E-state index is 12.6. The minimum absolute atomic E-state index is 0.158. The molecule has 0 saturated heterocycles. The number of carbonyl (C=O) groups is 2. The van der Waals surface area contributed by atoms with E-state index in [4.69, 9.17) is 18.9 Å². The number of rotatable bonds is 18. The van der Waals surface area contributed by atoms with Crippen LogP contribution in [0.3, 0.4) is 0 Å². The first-order valence-corrected chi connectivity index (χ1v) is 15.2. The van der Waals surface area contributed by atoms with E-state index in [-0.39, 0.29) is 37.4 Å². The molecular weight excluding hydrogens is 516 g/mol. The lowest BCUT2D eigenvalue weighted by Crippen LogP contribution is -2.20. The third-order valence-corrected chi connectivity index (χ3v) is 7.57. The van der Waals surface area contributed by atoms with Crippen LogP contribution in [0.15, 0.2) is 36.9 Å². The largest absolute Gasteiger partial charge is 0.457 e. The molecule has 2 aromatic carbocycles. The van der Waals surface area contributed by atoms with Crippen LogP contribution in [0.1, 0.15) is 103 Å². The zero-order valence-corrected chi connectivity index (χ0v) is 26.3. The normalized spacial score (nSPS) is 11.0. The maximum Gasteiger partial charge on any atom is 0.311 e. The summed E-state index contributed by atoms with van der Waals surface area (Å²) < 4.78 is 23.5. The van der Waals surface area contributed by atoms with Crippen molar-refractivity contribution in [2.45, 2.75) is 99.8 Å². The van der Waals surface area contributed by atoms with Crippen molar-refractivity contribution in [3.05, 3.63) is 53.6 Å². The van der Waals surface area contributed by atoms with E-state index in [1.54, 1.807) is 0 Å². The minimum Gasteiger partial charge on any atom is -0.457 e. The van der Waals surface area contributed by atoms with Crippen LogP contribution in [-0.2, 0) is 25.5 Å². The SMILES string of the molecule is C=C(C)c1ccc(C)cc1-c1c(OCOC(=O)C(CC)CC)cc(CCCCC)cc1OCOC(=O)C(CC)CC. The first kappa shape index (κ1) is 33.9. The highest BCUT2D eigenvalue weighted by Crippen LogP contribution is 2.43. The van der Waals surface area contributed by atoms with Gasteiger partial charge in [-0.1, -0.05) is 83.4 Å². The lowest BCUT2D eigenvalue weighted by molar-refractivity contribution is -0.156. The van der Waals surface area contributed by atoms with Gasteiger partial charge >= 0.3 is 11.9 Å². The van der Waals surface area contributed by atoms with Gasteiger partial charge in [0.1, 0.15) is 11.5 Å². The number of hydrogen-bond acceptors (Lipinski definition) is 6. The monoisotopic (exact) mass is 566 g/mol. The predicted octanol–water partition coefficient (Wildman–Crippen LogP) is 9.06. The lowest BCUT2D eigenvalue weighted by Gasteiger charge is -2.21. The standard InChI is InChI=1S/C35H50O6/c1-9-14-15-16-26-20-31(38-22-40-34(36)27(10-2)11-3)33(30-19-25(8)17-18-29(30)24(6)7)32(21-26)39-23-41-35(37)28(12-4)13-5/h17-21,27-28H,6,9-16,22-23H2,1-5,7-8H3. The van der Waals surface area contributed by atoms with Gasteiger partial charge in [0.15, 0.2) is 0 Å². The summed E-state index contributed by atoms with van der Waals surface area (Å²) in [5.74, 6) is 0.247. The fourth-order valence-electron chi connectivity index (χ4n) is 4.88. The molecule has 0 aliphatic heterocycles. The molecule has 6 nitrogen and oxygen atoms in total. The van der Waals surface area contributed by atoms with E-state index in [0.29, 0.717) is 42.7 Å². The van der Waals surface area contributed by atoms with Crippen molar-refractivity contribution in [3.63, 3.8) is 0 Å². The summed E-state index contributed by atoms with van der Waals surface area (Å²) in [6.45, 7) is 17.8. The molecule has 0 radical (unpaired) electrons. The lowest BCUT2D eigenvalue weighted by atomic mass is 9.91. The van der Waals surface area contributed by atoms with Gasteiger partial charge in [-0.3, -0.25) is 9.59 Å². The second-order valence-corrected chi connectivity index (χ2v) is 10.7. The smallest absolute Gasteiger partial charge is 0.311 e. The van der Waals surface area contributed by atoms with Crippen molar-refractivity contribution >= 4 is 17.5 Å². The highest BCUT2D eigenvalue weighted by molar-refractivity contribution is 5.87. The van der Waals surface area contributed by atoms with Crippen molar-refractivity contribution in [2.75, 3.05) is 13.6 Å². The Morgan fingerprint density at radius 1 is 0.780 bits per heavy atom. The van der Waals surface area contributed by atoms with E-state index in [2.05, 4.69) is 19.6 Å². The molecule has 0 amide bonds. The minimum atomic E-state index is -0.265. The molecule has 0 aliphatic carbocycles. The second-order valence-electron chi connectivity index (χ2n) is 10.7. The van der Waals surface area contributed by atoms with Crippen LogP contribution in [0.5, 0.6) is 11.5 Å². The van der Waals surface area contributed by atoms with Gasteiger partial charge in [-0.05, 0) is 81.2 Å². The summed E-state index contributed by atoms with van der Waals surface area (Å²) in [5, 5.41) is 0. The van der Waals surface area contributed by atoms with Gasteiger partial charge in [0, 0.05) is 0 Å². The number of aryl methyl sites for hydroxylation is 2. The Morgan fingerprint density at radius 2 is 1.29 bits per heavy atom. The van der Waals surface area contributed by atoms with E-state index in [1.165, 1.54) is 0 Å². The van der Waals surface area contributed by atoms with Crippen molar-refractivity contribution in [1.82, 2.24) is 0 Å². The predicted molar refractivity (Wildman–Crippen MR) is 166 cm³/mol. The van der Waals surface area contributed by atoms with Gasteiger partial charge in [0.25, 0.3) is 0 Å². The summed E-state index contributed by atoms with van der Waals surface area (Å²) in [5.41, 5.74) is 5.54. The van der Waals surface area contributed by atoms with Crippen LogP contribution in [0.2, 0.25) is 0 Å². The molecule has 0 fully saturated rings. The topological polar surface area (TPSA) is 71.1 Å². The molecule has 226 valence electrons. The van der Waals surface area contributed by atoms with Crippen molar-refractivity contribution < 1.29 is 28.5 Å². The van der Waals surface area contributed by atoms with Crippen LogP contribution in [-0.4, -0.2) is 25.5 Å². The average Bonchev–Trinajstić information content (AvgIpc) is 2.94. The zero-order chi connectivity index (χ0) is 30.4. The Kier molecular flexibility index (Phi) is 14.5.